The summed E-state index contributed by atoms with van der Waals surface area (Å²) in [6.07, 6.45) is -1.55. The average Bonchev–Trinajstić information content (AvgIpc) is 2.89. The highest BCUT2D eigenvalue weighted by atomic mass is 19.2. The summed E-state index contributed by atoms with van der Waals surface area (Å²) in [5.74, 6) is -5.78. The zero-order valence-electron chi connectivity index (χ0n) is 19.6. The highest BCUT2D eigenvalue weighted by molar-refractivity contribution is 6.04. The number of hydrogen-bond acceptors (Lipinski definition) is 6. The third-order valence-electron chi connectivity index (χ3n) is 6.01. The number of aliphatic carboxylic acids is 1. The van der Waals surface area contributed by atoms with Crippen LogP contribution in [0.15, 0.2) is 65.5 Å². The molecule has 9 nitrogen and oxygen atoms in total. The van der Waals surface area contributed by atoms with E-state index in [0.29, 0.717) is 10.9 Å². The number of nitrogens with one attached hydrogen (secondary N) is 1. The lowest BCUT2D eigenvalue weighted by atomic mass is 9.92. The fourth-order valence-corrected chi connectivity index (χ4v) is 3.86. The number of aliphatic hydroxyl groups is 1. The number of fused-ring (bicyclic) bond motifs is 1. The van der Waals surface area contributed by atoms with Gasteiger partial charge in [0.05, 0.1) is 23.0 Å². The molecule has 3 N–H and O–H groups in total. The summed E-state index contributed by atoms with van der Waals surface area (Å²) in [6.45, 7) is 1.29. The van der Waals surface area contributed by atoms with E-state index in [1.54, 1.807) is 24.3 Å². The van der Waals surface area contributed by atoms with Gasteiger partial charge in [-0.15, -0.1) is 5.10 Å². The predicted molar refractivity (Wildman–Crippen MR) is 130 cm³/mol. The molecule has 37 heavy (non-hydrogen) atoms. The number of carbonyl (C=O) groups is 2. The van der Waals surface area contributed by atoms with Crippen LogP contribution in [0.5, 0.6) is 0 Å². The number of nitrogens with zero attached hydrogens (tertiary/aromatic N) is 3. The number of carbonyl (C=O) groups excluding carboxylic acids is 1. The molecular weight excluding hydrogens is 486 g/mol. The normalized spacial score (nSPS) is 12.8. The quantitative estimate of drug-likeness (QED) is 0.332. The molecule has 4 rings (SSSR count). The smallest absolute Gasteiger partial charge is 0.309 e. The van der Waals surface area contributed by atoms with E-state index >= 15 is 0 Å². The summed E-state index contributed by atoms with van der Waals surface area (Å²) in [5, 5.41) is 31.0. The molecule has 1 unspecified atom stereocenters. The highest BCUT2D eigenvalue weighted by Gasteiger charge is 2.28. The van der Waals surface area contributed by atoms with Gasteiger partial charge >= 0.3 is 5.97 Å². The van der Waals surface area contributed by atoms with Crippen molar-refractivity contribution >= 4 is 28.5 Å². The van der Waals surface area contributed by atoms with Crippen LogP contribution >= 0.6 is 0 Å². The number of anilines is 1. The largest absolute Gasteiger partial charge is 0.481 e. The zero-order valence-corrected chi connectivity index (χ0v) is 19.6. The molecule has 0 bridgehead atoms. The molecule has 190 valence electrons. The van der Waals surface area contributed by atoms with Gasteiger partial charge in [0, 0.05) is 12.2 Å². The summed E-state index contributed by atoms with van der Waals surface area (Å²) in [5.41, 5.74) is 0.0689. The minimum atomic E-state index is -1.44. The Morgan fingerprint density at radius 2 is 1.73 bits per heavy atom. The molecular formula is C26H22F2N4O5. The summed E-state index contributed by atoms with van der Waals surface area (Å²) < 4.78 is 28.9. The van der Waals surface area contributed by atoms with Crippen LogP contribution in [-0.2, 0) is 11.3 Å². The van der Waals surface area contributed by atoms with E-state index in [1.165, 1.54) is 43.3 Å². The second-order valence-corrected chi connectivity index (χ2v) is 8.45. The molecule has 1 aromatic heterocycles. The van der Waals surface area contributed by atoms with Gasteiger partial charge in [0.2, 0.25) is 0 Å². The van der Waals surface area contributed by atoms with Crippen molar-refractivity contribution in [1.29, 1.82) is 0 Å². The van der Waals surface area contributed by atoms with Crippen molar-refractivity contribution in [2.24, 2.45) is 5.92 Å². The Hall–Kier alpha value is -4.51. The highest BCUT2D eigenvalue weighted by Crippen LogP contribution is 2.27. The maximum absolute atomic E-state index is 14.1. The van der Waals surface area contributed by atoms with E-state index in [0.717, 1.165) is 4.68 Å². The maximum atomic E-state index is 14.1. The molecule has 11 heteroatoms. The van der Waals surface area contributed by atoms with E-state index in [4.69, 9.17) is 0 Å². The molecule has 2 atom stereocenters. The van der Waals surface area contributed by atoms with E-state index in [2.05, 4.69) is 15.6 Å². The van der Waals surface area contributed by atoms with Crippen molar-refractivity contribution in [2.45, 2.75) is 26.0 Å². The molecule has 0 aliphatic rings. The number of aliphatic hydroxyl groups excluding tert-OH is 1. The van der Waals surface area contributed by atoms with Crippen molar-refractivity contribution in [3.8, 4) is 0 Å². The molecule has 0 saturated heterocycles. The number of hydrogen-bond donors (Lipinski definition) is 3. The molecule has 3 aromatic carbocycles. The van der Waals surface area contributed by atoms with E-state index in [9.17, 15) is 33.4 Å². The first-order chi connectivity index (χ1) is 17.7. The van der Waals surface area contributed by atoms with Gasteiger partial charge in [-0.05, 0) is 54.8 Å². The van der Waals surface area contributed by atoms with Crippen molar-refractivity contribution in [1.82, 2.24) is 15.0 Å². The van der Waals surface area contributed by atoms with Crippen molar-refractivity contribution in [3.63, 3.8) is 0 Å². The lowest BCUT2D eigenvalue weighted by Gasteiger charge is -2.20. The van der Waals surface area contributed by atoms with E-state index < -0.39 is 46.7 Å². The van der Waals surface area contributed by atoms with Crippen LogP contribution in [0.25, 0.3) is 10.9 Å². The first-order valence-electron chi connectivity index (χ1n) is 11.3. The number of carboxylic acids is 1. The second kappa shape index (κ2) is 10.6. The average molecular weight is 508 g/mol. The fraction of sp³-hybridized carbons (Fsp3) is 0.192. The van der Waals surface area contributed by atoms with Crippen LogP contribution in [0.2, 0.25) is 0 Å². The molecule has 0 aliphatic heterocycles. The molecule has 0 aliphatic carbocycles. The Morgan fingerprint density at radius 1 is 1.03 bits per heavy atom. The van der Waals surface area contributed by atoms with Crippen molar-refractivity contribution in [3.05, 3.63) is 99.3 Å². The Morgan fingerprint density at radius 3 is 2.43 bits per heavy atom. The number of halogens is 2. The van der Waals surface area contributed by atoms with Crippen LogP contribution in [0.3, 0.4) is 0 Å². The van der Waals surface area contributed by atoms with Crippen LogP contribution in [0, 0.1) is 24.5 Å². The monoisotopic (exact) mass is 508 g/mol. The Kier molecular flexibility index (Phi) is 7.35. The summed E-state index contributed by atoms with van der Waals surface area (Å²) in [6, 6.07) is 14.7. The molecule has 1 amide bonds. The van der Waals surface area contributed by atoms with Gasteiger partial charge in [-0.2, -0.15) is 0 Å². The first-order valence-corrected chi connectivity index (χ1v) is 11.3. The lowest BCUT2D eigenvalue weighted by Crippen LogP contribution is -2.29. The zero-order chi connectivity index (χ0) is 26.7. The first kappa shape index (κ1) is 25.6. The third kappa shape index (κ3) is 5.36. The van der Waals surface area contributed by atoms with Gasteiger partial charge in [-0.25, -0.2) is 13.5 Å². The topological polar surface area (TPSA) is 134 Å². The lowest BCUT2D eigenvalue weighted by molar-refractivity contribution is -0.146. The van der Waals surface area contributed by atoms with Gasteiger partial charge < -0.3 is 15.5 Å². The van der Waals surface area contributed by atoms with Gasteiger partial charge in [0.15, 0.2) is 11.6 Å². The van der Waals surface area contributed by atoms with Gasteiger partial charge in [-0.3, -0.25) is 14.4 Å². The number of aryl methyl sites for hydroxylation is 2. The number of carboxylic acid groups (broad SMARTS) is 1. The van der Waals surface area contributed by atoms with Crippen LogP contribution < -0.4 is 10.9 Å². The Labute approximate surface area is 209 Å². The fourth-order valence-electron chi connectivity index (χ4n) is 3.86. The number of aromatic nitrogens is 3. The van der Waals surface area contributed by atoms with Crippen LogP contribution in [0.1, 0.15) is 34.0 Å². The van der Waals surface area contributed by atoms with E-state index in [1.807, 2.05) is 0 Å². The number of rotatable bonds is 8. The van der Waals surface area contributed by atoms with Crippen LogP contribution in [0.4, 0.5) is 14.5 Å². The van der Waals surface area contributed by atoms with Gasteiger partial charge in [-0.1, -0.05) is 35.5 Å². The molecule has 0 fully saturated rings. The number of amides is 1. The minimum absolute atomic E-state index is 0.0675. The standard InChI is InChI=1S/C26H22F2N4O5/c1-14-6-11-18(22(28)21(14)27)24(34)29-16-9-7-15(8-10-16)23(33)19(26(36)37)12-13-32-25(35)17-4-2-3-5-20(17)30-31-32/h2-11,19,23,33H,12-13H2,1H3,(H,29,34)(H,36,37)/t19-,23?/m0/s1. The Balaban J connectivity index is 1.46. The molecule has 0 saturated carbocycles. The summed E-state index contributed by atoms with van der Waals surface area (Å²) >= 11 is 0. The predicted octanol–water partition coefficient (Wildman–Crippen LogP) is 3.45. The van der Waals surface area contributed by atoms with Crippen LogP contribution in [-0.4, -0.2) is 37.1 Å². The summed E-state index contributed by atoms with van der Waals surface area (Å²) in [4.78, 5) is 36.8. The summed E-state index contributed by atoms with van der Waals surface area (Å²) in [7, 11) is 0. The molecule has 4 aromatic rings. The van der Waals surface area contributed by atoms with Crippen molar-refractivity contribution in [2.75, 3.05) is 5.32 Å². The van der Waals surface area contributed by atoms with Gasteiger partial charge in [0.25, 0.3) is 11.5 Å². The molecule has 0 spiro atoms. The number of benzene rings is 3. The minimum Gasteiger partial charge on any atom is -0.481 e. The Bertz CT molecular complexity index is 1540. The second-order valence-electron chi connectivity index (χ2n) is 8.45. The molecule has 1 heterocycles. The molecule has 0 radical (unpaired) electrons. The van der Waals surface area contributed by atoms with Gasteiger partial charge in [0.1, 0.15) is 5.52 Å². The third-order valence-corrected chi connectivity index (χ3v) is 6.01. The maximum Gasteiger partial charge on any atom is 0.309 e. The SMILES string of the molecule is Cc1ccc(C(=O)Nc2ccc(C(O)[C@H](CCn3nnc4ccccc4c3=O)C(=O)O)cc2)c(F)c1F. The van der Waals surface area contributed by atoms with E-state index in [-0.39, 0.29) is 29.8 Å². The van der Waals surface area contributed by atoms with Crippen molar-refractivity contribution < 1.29 is 28.6 Å².